The number of nitrogens with one attached hydrogen (secondary N) is 2. The maximum atomic E-state index is 5.17. The van der Waals surface area contributed by atoms with Crippen molar-refractivity contribution < 1.29 is 0 Å². The highest BCUT2D eigenvalue weighted by molar-refractivity contribution is 7.99. The van der Waals surface area contributed by atoms with Crippen LogP contribution in [0, 0.1) is 0 Å². The summed E-state index contributed by atoms with van der Waals surface area (Å²) in [5.41, 5.74) is 0.269. The molecule has 0 bridgehead atoms. The number of aliphatic imine (C=N–C) groups is 1. The summed E-state index contributed by atoms with van der Waals surface area (Å²) in [6, 6.07) is 0.588. The van der Waals surface area contributed by atoms with Gasteiger partial charge < -0.3 is 15.5 Å². The molecule has 2 heterocycles. The quantitative estimate of drug-likeness (QED) is 0.499. The van der Waals surface area contributed by atoms with E-state index in [1.54, 1.807) is 0 Å². The second kappa shape index (κ2) is 11.1. The Balaban J connectivity index is 1.64. The van der Waals surface area contributed by atoms with Crippen LogP contribution in [0.2, 0.25) is 0 Å². The van der Waals surface area contributed by atoms with Gasteiger partial charge in [-0.2, -0.15) is 11.8 Å². The number of guanidine groups is 1. The van der Waals surface area contributed by atoms with Gasteiger partial charge in [-0.15, -0.1) is 0 Å². The molecule has 0 amide bonds. The summed E-state index contributed by atoms with van der Waals surface area (Å²) in [7, 11) is 2.26. The van der Waals surface area contributed by atoms with Crippen LogP contribution in [-0.4, -0.2) is 84.7 Å². The third-order valence-electron chi connectivity index (χ3n) is 6.95. The molecule has 2 unspecified atom stereocenters. The molecule has 3 rings (SSSR count). The molecule has 2 aliphatic heterocycles. The van der Waals surface area contributed by atoms with Crippen molar-refractivity contribution in [2.45, 2.75) is 82.0 Å². The van der Waals surface area contributed by atoms with E-state index in [9.17, 15) is 0 Å². The molecule has 2 N–H and O–H groups in total. The fourth-order valence-electron chi connectivity index (χ4n) is 5.18. The highest BCUT2D eigenvalue weighted by atomic mass is 32.2. The molecule has 3 aliphatic rings. The van der Waals surface area contributed by atoms with Gasteiger partial charge in [0.15, 0.2) is 5.96 Å². The minimum atomic E-state index is 0.269. The number of piperidine rings is 2. The first kappa shape index (κ1) is 22.2. The van der Waals surface area contributed by atoms with Crippen LogP contribution in [0.1, 0.15) is 65.2 Å². The summed E-state index contributed by atoms with van der Waals surface area (Å²) in [4.78, 5) is 10.4. The van der Waals surface area contributed by atoms with Gasteiger partial charge in [0.1, 0.15) is 0 Å². The summed E-state index contributed by atoms with van der Waals surface area (Å²) in [6.07, 6.45) is 10.5. The summed E-state index contributed by atoms with van der Waals surface area (Å²) in [5.74, 6) is 2.28. The summed E-state index contributed by atoms with van der Waals surface area (Å²) >= 11 is 2.13. The second-order valence-corrected chi connectivity index (χ2v) is 10.6. The maximum absolute atomic E-state index is 5.17. The molecule has 1 saturated carbocycles. The molecule has 0 aromatic carbocycles. The van der Waals surface area contributed by atoms with Gasteiger partial charge in [0.25, 0.3) is 0 Å². The molecule has 5 nitrogen and oxygen atoms in total. The Morgan fingerprint density at radius 3 is 2.50 bits per heavy atom. The van der Waals surface area contributed by atoms with Crippen LogP contribution in [0.3, 0.4) is 0 Å². The lowest BCUT2D eigenvalue weighted by atomic mass is 9.84. The highest BCUT2D eigenvalue weighted by Gasteiger charge is 2.39. The van der Waals surface area contributed by atoms with Crippen LogP contribution in [0.15, 0.2) is 4.99 Å². The zero-order chi connectivity index (χ0) is 19.8. The van der Waals surface area contributed by atoms with E-state index in [0.29, 0.717) is 6.04 Å². The SMILES string of the molecule is CCNC(=NCC1(N2CCCCC2)CCN(C)CC1)NC1CCC(SCC)C1. The molecule has 2 atom stereocenters. The fourth-order valence-corrected chi connectivity index (χ4v) is 6.32. The third-order valence-corrected chi connectivity index (χ3v) is 8.18. The lowest BCUT2D eigenvalue weighted by molar-refractivity contribution is 0.0208. The first-order valence-electron chi connectivity index (χ1n) is 11.8. The van der Waals surface area contributed by atoms with Gasteiger partial charge in [0.05, 0.1) is 6.54 Å². The van der Waals surface area contributed by atoms with Crippen molar-refractivity contribution in [3.05, 3.63) is 0 Å². The van der Waals surface area contributed by atoms with Gasteiger partial charge in [0, 0.05) is 23.4 Å². The molecule has 0 radical (unpaired) electrons. The Kier molecular flexibility index (Phi) is 8.79. The number of rotatable bonds is 7. The van der Waals surface area contributed by atoms with Crippen LogP contribution in [0.5, 0.6) is 0 Å². The van der Waals surface area contributed by atoms with E-state index < -0.39 is 0 Å². The molecule has 2 saturated heterocycles. The molecule has 0 aromatic heterocycles. The van der Waals surface area contributed by atoms with Crippen LogP contribution in [0.25, 0.3) is 0 Å². The second-order valence-electron chi connectivity index (χ2n) is 9.00. The Hall–Kier alpha value is -0.460. The third kappa shape index (κ3) is 6.02. The van der Waals surface area contributed by atoms with E-state index in [4.69, 9.17) is 4.99 Å². The van der Waals surface area contributed by atoms with Crippen molar-refractivity contribution in [1.29, 1.82) is 0 Å². The molecule has 28 heavy (non-hydrogen) atoms. The number of nitrogens with zero attached hydrogens (tertiary/aromatic N) is 3. The Morgan fingerprint density at radius 1 is 1.07 bits per heavy atom. The topological polar surface area (TPSA) is 42.9 Å². The van der Waals surface area contributed by atoms with E-state index in [2.05, 4.69) is 53.1 Å². The average molecular weight is 410 g/mol. The van der Waals surface area contributed by atoms with Gasteiger partial charge in [0.2, 0.25) is 0 Å². The highest BCUT2D eigenvalue weighted by Crippen LogP contribution is 2.32. The van der Waals surface area contributed by atoms with Gasteiger partial charge in [-0.25, -0.2) is 0 Å². The normalized spacial score (nSPS) is 29.8. The summed E-state index contributed by atoms with van der Waals surface area (Å²) < 4.78 is 0. The monoisotopic (exact) mass is 409 g/mol. The van der Waals surface area contributed by atoms with Crippen molar-refractivity contribution >= 4 is 17.7 Å². The zero-order valence-electron chi connectivity index (χ0n) is 18.5. The van der Waals surface area contributed by atoms with E-state index in [1.807, 2.05) is 0 Å². The summed E-state index contributed by atoms with van der Waals surface area (Å²) in [6.45, 7) is 11.3. The largest absolute Gasteiger partial charge is 0.357 e. The molecule has 6 heteroatoms. The minimum absolute atomic E-state index is 0.269. The van der Waals surface area contributed by atoms with Gasteiger partial charge in [-0.1, -0.05) is 13.3 Å². The predicted octanol–water partition coefficient (Wildman–Crippen LogP) is 3.17. The van der Waals surface area contributed by atoms with E-state index >= 15 is 0 Å². The first-order chi connectivity index (χ1) is 13.6. The van der Waals surface area contributed by atoms with Crippen LogP contribution < -0.4 is 10.6 Å². The number of thioether (sulfide) groups is 1. The number of likely N-dealkylation sites (tertiary alicyclic amines) is 2. The Labute approximate surface area is 177 Å². The molecule has 162 valence electrons. The van der Waals surface area contributed by atoms with Crippen molar-refractivity contribution in [3.8, 4) is 0 Å². The Bertz CT molecular complexity index is 483. The minimum Gasteiger partial charge on any atom is -0.357 e. The van der Waals surface area contributed by atoms with E-state index in [0.717, 1.165) is 24.3 Å². The molecule has 0 aromatic rings. The lowest BCUT2D eigenvalue weighted by Gasteiger charge is -2.49. The standard InChI is InChI=1S/C22H43N5S/c1-4-23-21(25-19-9-10-20(17-19)28-5-2)24-18-22(11-15-26(3)16-12-22)27-13-7-6-8-14-27/h19-20H,4-18H2,1-3H3,(H2,23,24,25). The number of hydrogen-bond donors (Lipinski definition) is 2. The average Bonchev–Trinajstić information content (AvgIpc) is 3.16. The molecular weight excluding hydrogens is 366 g/mol. The van der Waals surface area contributed by atoms with Gasteiger partial charge >= 0.3 is 0 Å². The van der Waals surface area contributed by atoms with E-state index in [1.165, 1.54) is 83.3 Å². The van der Waals surface area contributed by atoms with Gasteiger partial charge in [-0.05, 0) is 90.8 Å². The lowest BCUT2D eigenvalue weighted by Crippen LogP contribution is -2.58. The molecule has 0 spiro atoms. The smallest absolute Gasteiger partial charge is 0.191 e. The number of hydrogen-bond acceptors (Lipinski definition) is 4. The maximum Gasteiger partial charge on any atom is 0.191 e. The van der Waals surface area contributed by atoms with Crippen LogP contribution >= 0.6 is 11.8 Å². The van der Waals surface area contributed by atoms with Crippen LogP contribution in [0.4, 0.5) is 0 Å². The van der Waals surface area contributed by atoms with Crippen molar-refractivity contribution in [1.82, 2.24) is 20.4 Å². The molecular formula is C22H43N5S. The Morgan fingerprint density at radius 2 is 1.82 bits per heavy atom. The molecule has 3 fully saturated rings. The zero-order valence-corrected chi connectivity index (χ0v) is 19.3. The fraction of sp³-hybridized carbons (Fsp3) is 0.955. The van der Waals surface area contributed by atoms with E-state index in [-0.39, 0.29) is 5.54 Å². The van der Waals surface area contributed by atoms with Crippen molar-refractivity contribution in [2.75, 3.05) is 52.1 Å². The van der Waals surface area contributed by atoms with Crippen LogP contribution in [-0.2, 0) is 0 Å². The van der Waals surface area contributed by atoms with Crippen molar-refractivity contribution in [3.63, 3.8) is 0 Å². The predicted molar refractivity (Wildman–Crippen MR) is 124 cm³/mol. The molecule has 1 aliphatic carbocycles. The van der Waals surface area contributed by atoms with Gasteiger partial charge in [-0.3, -0.25) is 9.89 Å². The van der Waals surface area contributed by atoms with Crippen molar-refractivity contribution in [2.24, 2.45) is 4.99 Å². The summed E-state index contributed by atoms with van der Waals surface area (Å²) in [5, 5.41) is 8.13. The first-order valence-corrected chi connectivity index (χ1v) is 12.8.